The highest BCUT2D eigenvalue weighted by Gasteiger charge is 2.13. The van der Waals surface area contributed by atoms with Crippen LogP contribution >= 0.6 is 22.6 Å². The van der Waals surface area contributed by atoms with Crippen molar-refractivity contribution in [2.45, 2.75) is 13.3 Å². The van der Waals surface area contributed by atoms with Gasteiger partial charge < -0.3 is 5.32 Å². The molecule has 0 aromatic heterocycles. The van der Waals surface area contributed by atoms with E-state index in [1.807, 2.05) is 0 Å². The molecule has 0 atom stereocenters. The van der Waals surface area contributed by atoms with Crippen molar-refractivity contribution < 1.29 is 9.72 Å². The highest BCUT2D eigenvalue weighted by molar-refractivity contribution is 14.1. The lowest BCUT2D eigenvalue weighted by Crippen LogP contribution is -2.25. The summed E-state index contributed by atoms with van der Waals surface area (Å²) in [4.78, 5) is 21.9. The first-order valence-corrected chi connectivity index (χ1v) is 6.68. The molecule has 1 aromatic rings. The first-order chi connectivity index (χ1) is 8.06. The Bertz CT molecular complexity index is 435. The first-order valence-electron chi connectivity index (χ1n) is 5.15. The third-order valence-corrected chi connectivity index (χ3v) is 3.04. The summed E-state index contributed by atoms with van der Waals surface area (Å²) in [6, 6.07) is 4.30. The number of rotatable bonds is 5. The molecule has 0 spiro atoms. The summed E-state index contributed by atoms with van der Waals surface area (Å²) in [5, 5.41) is 13.4. The molecule has 0 aliphatic rings. The summed E-state index contributed by atoms with van der Waals surface area (Å²) in [6.07, 6.45) is 0.889. The van der Waals surface area contributed by atoms with Crippen molar-refractivity contribution in [3.63, 3.8) is 0 Å². The molecule has 0 heterocycles. The molecule has 0 fully saturated rings. The fourth-order valence-electron chi connectivity index (χ4n) is 1.33. The lowest BCUT2D eigenvalue weighted by molar-refractivity contribution is -0.384. The molecule has 1 aromatic carbocycles. The number of nitro benzene ring substituents is 1. The molecule has 6 heteroatoms. The topological polar surface area (TPSA) is 72.2 Å². The molecule has 1 amide bonds. The number of hydrogen-bond donors (Lipinski definition) is 1. The summed E-state index contributed by atoms with van der Waals surface area (Å²) in [7, 11) is 0. The number of carbonyl (C=O) groups excluding carboxylic acids is 1. The normalized spacial score (nSPS) is 10.0. The van der Waals surface area contributed by atoms with Crippen LogP contribution in [0, 0.1) is 17.0 Å². The van der Waals surface area contributed by atoms with Crippen LogP contribution in [0.3, 0.4) is 0 Å². The summed E-state index contributed by atoms with van der Waals surface area (Å²) in [5.41, 5.74) is 1.05. The van der Waals surface area contributed by atoms with Crippen LogP contribution in [0.25, 0.3) is 0 Å². The van der Waals surface area contributed by atoms with Crippen LogP contribution in [0.15, 0.2) is 18.2 Å². The lowest BCUT2D eigenvalue weighted by atomic mass is 10.1. The molecule has 0 aliphatic heterocycles. The van der Waals surface area contributed by atoms with Gasteiger partial charge in [0.25, 0.3) is 11.6 Å². The van der Waals surface area contributed by atoms with E-state index in [1.54, 1.807) is 13.0 Å². The minimum atomic E-state index is -0.499. The van der Waals surface area contributed by atoms with E-state index < -0.39 is 4.92 Å². The van der Waals surface area contributed by atoms with Gasteiger partial charge in [0.1, 0.15) is 0 Å². The van der Waals surface area contributed by atoms with Crippen molar-refractivity contribution in [3.8, 4) is 0 Å². The van der Waals surface area contributed by atoms with Gasteiger partial charge in [-0.1, -0.05) is 28.7 Å². The van der Waals surface area contributed by atoms with Crippen LogP contribution in [0.4, 0.5) is 5.69 Å². The van der Waals surface area contributed by atoms with E-state index in [-0.39, 0.29) is 11.6 Å². The van der Waals surface area contributed by atoms with Crippen molar-refractivity contribution in [1.29, 1.82) is 0 Å². The molecular weight excluding hydrogens is 335 g/mol. The van der Waals surface area contributed by atoms with Crippen LogP contribution in [-0.4, -0.2) is 21.8 Å². The molecule has 5 nitrogen and oxygen atoms in total. The number of amides is 1. The number of nitro groups is 1. The predicted molar refractivity (Wildman–Crippen MR) is 73.7 cm³/mol. The predicted octanol–water partition coefficient (Wildman–Crippen LogP) is 2.46. The van der Waals surface area contributed by atoms with Gasteiger partial charge in [0.05, 0.1) is 4.92 Å². The number of aryl methyl sites for hydroxylation is 1. The Morgan fingerprint density at radius 2 is 2.24 bits per heavy atom. The second kappa shape index (κ2) is 6.53. The number of non-ortho nitro benzene ring substituents is 1. The van der Waals surface area contributed by atoms with E-state index in [0.29, 0.717) is 12.1 Å². The molecule has 0 unspecified atom stereocenters. The van der Waals surface area contributed by atoms with Gasteiger partial charge in [-0.05, 0) is 18.9 Å². The number of carbonyl (C=O) groups is 1. The number of benzene rings is 1. The first kappa shape index (κ1) is 13.9. The smallest absolute Gasteiger partial charge is 0.270 e. The van der Waals surface area contributed by atoms with Gasteiger partial charge in [-0.2, -0.15) is 0 Å². The fourth-order valence-corrected chi connectivity index (χ4v) is 1.71. The van der Waals surface area contributed by atoms with Crippen LogP contribution in [0.5, 0.6) is 0 Å². The Hall–Kier alpha value is -1.18. The Morgan fingerprint density at radius 1 is 1.53 bits per heavy atom. The molecule has 92 valence electrons. The zero-order chi connectivity index (χ0) is 12.8. The second-order valence-corrected chi connectivity index (χ2v) is 4.63. The maximum atomic E-state index is 11.8. The molecule has 0 saturated carbocycles. The number of nitrogens with one attached hydrogen (secondary N) is 1. The summed E-state index contributed by atoms with van der Waals surface area (Å²) < 4.78 is 0.964. The van der Waals surface area contributed by atoms with Crippen LogP contribution in [-0.2, 0) is 0 Å². The Labute approximate surface area is 113 Å². The Kier molecular flexibility index (Phi) is 5.33. The van der Waals surface area contributed by atoms with Gasteiger partial charge in [-0.15, -0.1) is 0 Å². The number of hydrogen-bond acceptors (Lipinski definition) is 3. The standard InChI is InChI=1S/C11H13IN2O3/c1-8-3-4-9(14(16)17)7-10(8)11(15)13-6-2-5-12/h3-4,7H,2,5-6H2,1H3,(H,13,15). The van der Waals surface area contributed by atoms with E-state index in [9.17, 15) is 14.9 Å². The van der Waals surface area contributed by atoms with Crippen molar-refractivity contribution >= 4 is 34.2 Å². The van der Waals surface area contributed by atoms with E-state index in [4.69, 9.17) is 0 Å². The molecule has 0 radical (unpaired) electrons. The number of halogens is 1. The molecule has 1 N–H and O–H groups in total. The largest absolute Gasteiger partial charge is 0.352 e. The molecule has 0 saturated heterocycles. The highest BCUT2D eigenvalue weighted by atomic mass is 127. The van der Waals surface area contributed by atoms with Crippen molar-refractivity contribution in [3.05, 3.63) is 39.4 Å². The Morgan fingerprint density at radius 3 is 2.82 bits per heavy atom. The van der Waals surface area contributed by atoms with Gasteiger partial charge in [-0.25, -0.2) is 0 Å². The van der Waals surface area contributed by atoms with Crippen molar-refractivity contribution in [2.75, 3.05) is 11.0 Å². The molecule has 0 aliphatic carbocycles. The fraction of sp³-hybridized carbons (Fsp3) is 0.364. The lowest BCUT2D eigenvalue weighted by Gasteiger charge is -2.06. The van der Waals surface area contributed by atoms with Gasteiger partial charge in [0.15, 0.2) is 0 Å². The number of nitrogens with zero attached hydrogens (tertiary/aromatic N) is 1. The minimum Gasteiger partial charge on any atom is -0.352 e. The summed E-state index contributed by atoms with van der Waals surface area (Å²) in [5.74, 6) is -0.254. The monoisotopic (exact) mass is 348 g/mol. The van der Waals surface area contributed by atoms with Crippen LogP contribution < -0.4 is 5.32 Å². The third kappa shape index (κ3) is 3.95. The maximum Gasteiger partial charge on any atom is 0.270 e. The van der Waals surface area contributed by atoms with Gasteiger partial charge in [-0.3, -0.25) is 14.9 Å². The average Bonchev–Trinajstić information content (AvgIpc) is 2.29. The van der Waals surface area contributed by atoms with E-state index in [2.05, 4.69) is 27.9 Å². The second-order valence-electron chi connectivity index (χ2n) is 3.55. The molecule has 1 rings (SSSR count). The third-order valence-electron chi connectivity index (χ3n) is 2.27. The highest BCUT2D eigenvalue weighted by Crippen LogP contribution is 2.17. The van der Waals surface area contributed by atoms with Gasteiger partial charge in [0.2, 0.25) is 0 Å². The minimum absolute atomic E-state index is 0.0605. The van der Waals surface area contributed by atoms with Gasteiger partial charge in [0, 0.05) is 28.7 Å². The quantitative estimate of drug-likeness (QED) is 0.292. The summed E-state index contributed by atoms with van der Waals surface area (Å²) in [6.45, 7) is 2.35. The maximum absolute atomic E-state index is 11.8. The van der Waals surface area contributed by atoms with E-state index >= 15 is 0 Å². The van der Waals surface area contributed by atoms with Crippen molar-refractivity contribution in [1.82, 2.24) is 5.32 Å². The van der Waals surface area contributed by atoms with Crippen molar-refractivity contribution in [2.24, 2.45) is 0 Å². The van der Waals surface area contributed by atoms with Crippen LogP contribution in [0.2, 0.25) is 0 Å². The van der Waals surface area contributed by atoms with E-state index in [0.717, 1.165) is 16.4 Å². The molecule has 17 heavy (non-hydrogen) atoms. The zero-order valence-electron chi connectivity index (χ0n) is 9.40. The Balaban J connectivity index is 2.84. The van der Waals surface area contributed by atoms with Gasteiger partial charge >= 0.3 is 0 Å². The van der Waals surface area contributed by atoms with Crippen LogP contribution in [0.1, 0.15) is 22.3 Å². The summed E-state index contributed by atoms with van der Waals surface area (Å²) >= 11 is 2.23. The SMILES string of the molecule is Cc1ccc([N+](=O)[O-])cc1C(=O)NCCCI. The molecule has 0 bridgehead atoms. The zero-order valence-corrected chi connectivity index (χ0v) is 11.6. The number of alkyl halides is 1. The average molecular weight is 348 g/mol. The van der Waals surface area contributed by atoms with E-state index in [1.165, 1.54) is 12.1 Å². The molecular formula is C11H13IN2O3.